The molecule has 0 spiro atoms. The highest BCUT2D eigenvalue weighted by Gasteiger charge is 2.25. The first-order chi connectivity index (χ1) is 9.72. The maximum Gasteiger partial charge on any atom is 0.305 e. The van der Waals surface area contributed by atoms with Gasteiger partial charge in [0.15, 0.2) is 0 Å². The van der Waals surface area contributed by atoms with Crippen LogP contribution in [0.15, 0.2) is 30.5 Å². The number of fused-ring (bicyclic) bond motifs is 1. The largest absolute Gasteiger partial charge is 0.481 e. The van der Waals surface area contributed by atoms with Gasteiger partial charge in [-0.15, -0.1) is 0 Å². The Bertz CT molecular complexity index is 608. The number of H-pyrrole nitrogens is 1. The van der Waals surface area contributed by atoms with Crippen LogP contribution in [0.2, 0.25) is 0 Å². The molecule has 1 aliphatic rings. The summed E-state index contributed by atoms with van der Waals surface area (Å²) in [6, 6.07) is 8.32. The Kier molecular flexibility index (Phi) is 3.71. The number of hydrogen-bond donors (Lipinski definition) is 2. The van der Waals surface area contributed by atoms with Gasteiger partial charge < -0.3 is 14.8 Å². The fraction of sp³-hybridized carbons (Fsp3) is 0.400. The van der Waals surface area contributed by atoms with Crippen molar-refractivity contribution in [1.82, 2.24) is 9.88 Å². The molecule has 0 aliphatic carbocycles. The summed E-state index contributed by atoms with van der Waals surface area (Å²) in [4.78, 5) is 16.3. The summed E-state index contributed by atoms with van der Waals surface area (Å²) in [6.45, 7) is 2.72. The highest BCUT2D eigenvalue weighted by Crippen LogP contribution is 2.19. The molecule has 0 amide bonds. The normalized spacial score (nSPS) is 20.3. The first-order valence-corrected chi connectivity index (χ1v) is 6.82. The van der Waals surface area contributed by atoms with E-state index in [0.717, 1.165) is 18.6 Å². The van der Waals surface area contributed by atoms with Crippen molar-refractivity contribution in [2.75, 3.05) is 19.8 Å². The lowest BCUT2D eigenvalue weighted by molar-refractivity contribution is -0.140. The molecule has 1 aliphatic heterocycles. The summed E-state index contributed by atoms with van der Waals surface area (Å²) in [5, 5.41) is 10.2. The molecule has 2 N–H and O–H groups in total. The maximum absolute atomic E-state index is 10.9. The van der Waals surface area contributed by atoms with E-state index in [2.05, 4.69) is 28.1 Å². The highest BCUT2D eigenvalue weighted by atomic mass is 16.5. The van der Waals surface area contributed by atoms with Crippen molar-refractivity contribution in [3.63, 3.8) is 0 Å². The monoisotopic (exact) mass is 274 g/mol. The number of benzene rings is 1. The van der Waals surface area contributed by atoms with Gasteiger partial charge in [-0.25, -0.2) is 0 Å². The number of carboxylic acid groups (broad SMARTS) is 1. The quantitative estimate of drug-likeness (QED) is 0.893. The van der Waals surface area contributed by atoms with Crippen LogP contribution in [0.25, 0.3) is 10.9 Å². The van der Waals surface area contributed by atoms with Crippen LogP contribution in [0.4, 0.5) is 0 Å². The number of aromatic nitrogens is 1. The molecule has 0 bridgehead atoms. The second-order valence-electron chi connectivity index (χ2n) is 5.20. The summed E-state index contributed by atoms with van der Waals surface area (Å²) >= 11 is 0. The Balaban J connectivity index is 1.75. The van der Waals surface area contributed by atoms with E-state index in [0.29, 0.717) is 13.2 Å². The van der Waals surface area contributed by atoms with E-state index in [4.69, 9.17) is 9.84 Å². The van der Waals surface area contributed by atoms with Crippen molar-refractivity contribution in [3.05, 3.63) is 36.0 Å². The predicted octanol–water partition coefficient (Wildman–Crippen LogP) is 1.84. The van der Waals surface area contributed by atoms with Crippen LogP contribution in [0.5, 0.6) is 0 Å². The molecule has 1 fully saturated rings. The molecule has 2 heterocycles. The van der Waals surface area contributed by atoms with E-state index in [-0.39, 0.29) is 12.5 Å². The maximum atomic E-state index is 10.9. The van der Waals surface area contributed by atoms with Crippen molar-refractivity contribution in [2.45, 2.75) is 19.0 Å². The van der Waals surface area contributed by atoms with Gasteiger partial charge in [0.2, 0.25) is 0 Å². The van der Waals surface area contributed by atoms with Gasteiger partial charge in [0.1, 0.15) is 0 Å². The van der Waals surface area contributed by atoms with Crippen molar-refractivity contribution in [1.29, 1.82) is 0 Å². The van der Waals surface area contributed by atoms with Crippen LogP contribution in [0.1, 0.15) is 12.0 Å². The van der Waals surface area contributed by atoms with E-state index < -0.39 is 5.97 Å². The lowest BCUT2D eigenvalue weighted by Crippen LogP contribution is -2.45. The molecule has 1 saturated heterocycles. The zero-order chi connectivity index (χ0) is 13.9. The molecular formula is C15H18N2O3. The molecule has 0 saturated carbocycles. The molecule has 5 heteroatoms. The molecule has 106 valence electrons. The van der Waals surface area contributed by atoms with Gasteiger partial charge in [0.25, 0.3) is 0 Å². The molecule has 5 nitrogen and oxygen atoms in total. The topological polar surface area (TPSA) is 65.6 Å². The van der Waals surface area contributed by atoms with Crippen LogP contribution >= 0.6 is 0 Å². The Labute approximate surface area is 117 Å². The fourth-order valence-corrected chi connectivity index (χ4v) is 2.72. The SMILES string of the molecule is O=C(O)C[C@H]1COCCN1Cc1ccc2[nH]ccc2c1. The number of carboxylic acids is 1. The summed E-state index contributed by atoms with van der Waals surface area (Å²) in [7, 11) is 0. The molecule has 0 radical (unpaired) electrons. The molecule has 2 aromatic rings. The number of nitrogens with one attached hydrogen (secondary N) is 1. The van der Waals surface area contributed by atoms with Crippen LogP contribution < -0.4 is 0 Å². The average molecular weight is 274 g/mol. The van der Waals surface area contributed by atoms with Crippen molar-refractivity contribution in [2.24, 2.45) is 0 Å². The third-order valence-electron chi connectivity index (χ3n) is 3.76. The van der Waals surface area contributed by atoms with Crippen LogP contribution in [-0.4, -0.2) is 46.8 Å². The summed E-state index contributed by atoms with van der Waals surface area (Å²) < 4.78 is 5.40. The molecule has 0 unspecified atom stereocenters. The molecule has 20 heavy (non-hydrogen) atoms. The Morgan fingerprint density at radius 2 is 2.35 bits per heavy atom. The number of carbonyl (C=O) groups is 1. The van der Waals surface area contributed by atoms with Crippen LogP contribution in [-0.2, 0) is 16.1 Å². The van der Waals surface area contributed by atoms with E-state index in [9.17, 15) is 4.79 Å². The van der Waals surface area contributed by atoms with Gasteiger partial charge in [-0.1, -0.05) is 6.07 Å². The number of aliphatic carboxylic acids is 1. The first-order valence-electron chi connectivity index (χ1n) is 6.82. The van der Waals surface area contributed by atoms with Gasteiger partial charge in [0.05, 0.1) is 19.6 Å². The van der Waals surface area contributed by atoms with Gasteiger partial charge >= 0.3 is 5.97 Å². The minimum atomic E-state index is -0.772. The number of ether oxygens (including phenoxy) is 1. The zero-order valence-corrected chi connectivity index (χ0v) is 11.2. The number of hydrogen-bond acceptors (Lipinski definition) is 3. The van der Waals surface area contributed by atoms with E-state index in [1.807, 2.05) is 12.3 Å². The van der Waals surface area contributed by atoms with Crippen LogP contribution in [0.3, 0.4) is 0 Å². The van der Waals surface area contributed by atoms with Crippen molar-refractivity contribution < 1.29 is 14.6 Å². The lowest BCUT2D eigenvalue weighted by atomic mass is 10.1. The minimum absolute atomic E-state index is 0.0387. The summed E-state index contributed by atoms with van der Waals surface area (Å²) in [5.41, 5.74) is 2.33. The predicted molar refractivity (Wildman–Crippen MR) is 75.6 cm³/mol. The lowest BCUT2D eigenvalue weighted by Gasteiger charge is -2.34. The van der Waals surface area contributed by atoms with Gasteiger partial charge in [-0.2, -0.15) is 0 Å². The van der Waals surface area contributed by atoms with E-state index in [1.54, 1.807) is 0 Å². The highest BCUT2D eigenvalue weighted by molar-refractivity contribution is 5.79. The van der Waals surface area contributed by atoms with E-state index >= 15 is 0 Å². The molecule has 1 aromatic heterocycles. The fourth-order valence-electron chi connectivity index (χ4n) is 2.72. The second kappa shape index (κ2) is 5.64. The molecule has 3 rings (SSSR count). The summed E-state index contributed by atoms with van der Waals surface area (Å²) in [5.74, 6) is -0.772. The molecular weight excluding hydrogens is 256 g/mol. The van der Waals surface area contributed by atoms with Gasteiger partial charge in [-0.3, -0.25) is 9.69 Å². The van der Waals surface area contributed by atoms with Gasteiger partial charge in [-0.05, 0) is 29.1 Å². The number of rotatable bonds is 4. The Morgan fingerprint density at radius 3 is 3.20 bits per heavy atom. The molecule has 1 atom stereocenters. The van der Waals surface area contributed by atoms with Gasteiger partial charge in [0, 0.05) is 30.8 Å². The van der Waals surface area contributed by atoms with E-state index in [1.165, 1.54) is 10.9 Å². The second-order valence-corrected chi connectivity index (χ2v) is 5.20. The standard InChI is InChI=1S/C15H18N2O3/c18-15(19)8-13-10-20-6-5-17(13)9-11-1-2-14-12(7-11)3-4-16-14/h1-4,7,13,16H,5-6,8-10H2,(H,18,19)/t13-/m0/s1. The number of nitrogens with zero attached hydrogens (tertiary/aromatic N) is 1. The Morgan fingerprint density at radius 1 is 1.45 bits per heavy atom. The third kappa shape index (κ3) is 2.84. The number of morpholine rings is 1. The Hall–Kier alpha value is -1.85. The van der Waals surface area contributed by atoms with Crippen molar-refractivity contribution >= 4 is 16.9 Å². The molecule has 1 aromatic carbocycles. The third-order valence-corrected chi connectivity index (χ3v) is 3.76. The minimum Gasteiger partial charge on any atom is -0.481 e. The zero-order valence-electron chi connectivity index (χ0n) is 11.2. The summed E-state index contributed by atoms with van der Waals surface area (Å²) in [6.07, 6.45) is 2.06. The number of aromatic amines is 1. The van der Waals surface area contributed by atoms with Crippen LogP contribution in [0, 0.1) is 0 Å². The smallest absolute Gasteiger partial charge is 0.305 e. The first kappa shape index (κ1) is 13.1. The van der Waals surface area contributed by atoms with Crippen molar-refractivity contribution in [3.8, 4) is 0 Å². The average Bonchev–Trinajstić information content (AvgIpc) is 2.88.